The lowest BCUT2D eigenvalue weighted by Gasteiger charge is -2.46. The van der Waals surface area contributed by atoms with Crippen LogP contribution in [-0.4, -0.2) is 36.3 Å². The van der Waals surface area contributed by atoms with Crippen LogP contribution in [0.3, 0.4) is 0 Å². The van der Waals surface area contributed by atoms with E-state index in [4.69, 9.17) is 4.74 Å². The molecule has 1 fully saturated rings. The Labute approximate surface area is 140 Å². The van der Waals surface area contributed by atoms with E-state index in [-0.39, 0.29) is 6.10 Å². The van der Waals surface area contributed by atoms with Crippen molar-refractivity contribution in [3.63, 3.8) is 0 Å². The van der Waals surface area contributed by atoms with Crippen LogP contribution in [0.5, 0.6) is 5.75 Å². The molecule has 0 saturated carbocycles. The maximum Gasteiger partial charge on any atom is 0.122 e. The van der Waals surface area contributed by atoms with Crippen molar-refractivity contribution >= 4 is 0 Å². The first-order valence-corrected chi connectivity index (χ1v) is 9.15. The first-order valence-electron chi connectivity index (χ1n) is 9.15. The van der Waals surface area contributed by atoms with Crippen LogP contribution < -0.4 is 4.74 Å². The van der Waals surface area contributed by atoms with Crippen molar-refractivity contribution in [2.45, 2.75) is 58.6 Å². The Bertz CT molecular complexity index is 555. The zero-order chi connectivity index (χ0) is 16.6. The van der Waals surface area contributed by atoms with Gasteiger partial charge in [0.2, 0.25) is 0 Å². The molecule has 1 aromatic rings. The summed E-state index contributed by atoms with van der Waals surface area (Å²) in [4.78, 5) is 2.61. The monoisotopic (exact) mass is 317 g/mol. The third-order valence-electron chi connectivity index (χ3n) is 5.64. The predicted octanol–water partition coefficient (Wildman–Crippen LogP) is 3.58. The average Bonchev–Trinajstić information content (AvgIpc) is 2.53. The molecule has 3 nitrogen and oxygen atoms in total. The van der Waals surface area contributed by atoms with Crippen molar-refractivity contribution in [3.8, 4) is 5.75 Å². The molecule has 0 radical (unpaired) electrons. The molecule has 1 aromatic carbocycles. The number of aryl methyl sites for hydroxylation is 1. The van der Waals surface area contributed by atoms with E-state index < -0.39 is 0 Å². The summed E-state index contributed by atoms with van der Waals surface area (Å²) in [5.41, 5.74) is 4.12. The number of ether oxygens (including phenoxy) is 1. The average molecular weight is 317 g/mol. The van der Waals surface area contributed by atoms with Gasteiger partial charge in [-0.2, -0.15) is 0 Å². The molecular weight excluding hydrogens is 286 g/mol. The number of aliphatic hydroxyl groups is 1. The third kappa shape index (κ3) is 3.27. The highest BCUT2D eigenvalue weighted by molar-refractivity contribution is 5.45. The number of benzene rings is 1. The number of hydrogen-bond donors (Lipinski definition) is 1. The van der Waals surface area contributed by atoms with Gasteiger partial charge in [0.05, 0.1) is 13.2 Å². The highest BCUT2D eigenvalue weighted by atomic mass is 16.5. The van der Waals surface area contributed by atoms with E-state index in [1.54, 1.807) is 7.11 Å². The van der Waals surface area contributed by atoms with E-state index in [1.807, 2.05) is 0 Å². The Morgan fingerprint density at radius 2 is 2.13 bits per heavy atom. The van der Waals surface area contributed by atoms with E-state index in [1.165, 1.54) is 16.7 Å². The molecule has 2 heterocycles. The Hall–Kier alpha value is -1.06. The fourth-order valence-electron chi connectivity index (χ4n) is 4.47. The van der Waals surface area contributed by atoms with Gasteiger partial charge in [-0.25, -0.2) is 0 Å². The zero-order valence-electron chi connectivity index (χ0n) is 15.0. The van der Waals surface area contributed by atoms with Gasteiger partial charge in [-0.15, -0.1) is 0 Å². The molecule has 0 aromatic heterocycles. The number of rotatable bonds is 4. The zero-order valence-corrected chi connectivity index (χ0v) is 15.0. The molecule has 2 aliphatic rings. The van der Waals surface area contributed by atoms with Crippen molar-refractivity contribution < 1.29 is 9.84 Å². The standard InChI is InChI=1S/C20H31NO2/c1-5-14-9-17-15(10-20(14)23-4)6-7-21-12-16(8-13(2)3)19(22)11-18(17)21/h9-10,13,16,18-19,22H,5-8,11-12H2,1-4H3. The molecule has 23 heavy (non-hydrogen) atoms. The Balaban J connectivity index is 1.87. The van der Waals surface area contributed by atoms with E-state index in [0.29, 0.717) is 17.9 Å². The van der Waals surface area contributed by atoms with Gasteiger partial charge in [0.25, 0.3) is 0 Å². The number of fused-ring (bicyclic) bond motifs is 3. The molecule has 2 aliphatic heterocycles. The fourth-order valence-corrected chi connectivity index (χ4v) is 4.47. The number of nitrogens with zero attached hydrogens (tertiary/aromatic N) is 1. The Kier molecular flexibility index (Phi) is 4.98. The maximum absolute atomic E-state index is 10.7. The summed E-state index contributed by atoms with van der Waals surface area (Å²) in [6.07, 6.45) is 3.91. The molecule has 128 valence electrons. The molecule has 3 atom stereocenters. The topological polar surface area (TPSA) is 32.7 Å². The minimum absolute atomic E-state index is 0.170. The fraction of sp³-hybridized carbons (Fsp3) is 0.700. The first-order chi connectivity index (χ1) is 11.0. The summed E-state index contributed by atoms with van der Waals surface area (Å²) < 4.78 is 5.56. The van der Waals surface area contributed by atoms with Gasteiger partial charge in [0.1, 0.15) is 5.75 Å². The normalized spacial score (nSPS) is 27.7. The highest BCUT2D eigenvalue weighted by Crippen LogP contribution is 2.41. The van der Waals surface area contributed by atoms with E-state index in [0.717, 1.165) is 44.5 Å². The molecule has 1 N–H and O–H groups in total. The van der Waals surface area contributed by atoms with Crippen molar-refractivity contribution in [3.05, 3.63) is 28.8 Å². The van der Waals surface area contributed by atoms with Crippen LogP contribution in [0.2, 0.25) is 0 Å². The second-order valence-electron chi connectivity index (χ2n) is 7.67. The summed E-state index contributed by atoms with van der Waals surface area (Å²) >= 11 is 0. The van der Waals surface area contributed by atoms with Crippen LogP contribution in [0.1, 0.15) is 56.3 Å². The SMILES string of the molecule is CCc1cc2c(cc1OC)CCN1CC(CC(C)C)C(O)CC21. The number of piperidine rings is 1. The quantitative estimate of drug-likeness (QED) is 0.921. The van der Waals surface area contributed by atoms with Crippen LogP contribution in [0.4, 0.5) is 0 Å². The second-order valence-corrected chi connectivity index (χ2v) is 7.67. The first kappa shape index (κ1) is 16.8. The van der Waals surface area contributed by atoms with Crippen LogP contribution in [0, 0.1) is 11.8 Å². The molecular formula is C20H31NO2. The Morgan fingerprint density at radius 1 is 1.35 bits per heavy atom. The summed E-state index contributed by atoms with van der Waals surface area (Å²) in [6.45, 7) is 8.83. The molecule has 0 amide bonds. The van der Waals surface area contributed by atoms with Crippen LogP contribution in [-0.2, 0) is 12.8 Å². The van der Waals surface area contributed by atoms with Gasteiger partial charge < -0.3 is 9.84 Å². The smallest absolute Gasteiger partial charge is 0.122 e. The molecule has 3 heteroatoms. The molecule has 0 spiro atoms. The van der Waals surface area contributed by atoms with Crippen molar-refractivity contribution in [2.75, 3.05) is 20.2 Å². The van der Waals surface area contributed by atoms with Crippen molar-refractivity contribution in [2.24, 2.45) is 11.8 Å². The van der Waals surface area contributed by atoms with Gasteiger partial charge in [-0.3, -0.25) is 4.90 Å². The largest absolute Gasteiger partial charge is 0.496 e. The van der Waals surface area contributed by atoms with E-state index in [2.05, 4.69) is 37.8 Å². The lowest BCUT2D eigenvalue weighted by atomic mass is 9.78. The Morgan fingerprint density at radius 3 is 2.78 bits per heavy atom. The van der Waals surface area contributed by atoms with Gasteiger partial charge in [0.15, 0.2) is 0 Å². The van der Waals surface area contributed by atoms with Crippen LogP contribution >= 0.6 is 0 Å². The molecule has 0 bridgehead atoms. The third-order valence-corrected chi connectivity index (χ3v) is 5.64. The van der Waals surface area contributed by atoms with Crippen LogP contribution in [0.15, 0.2) is 12.1 Å². The number of aliphatic hydroxyl groups excluding tert-OH is 1. The summed E-state index contributed by atoms with van der Waals surface area (Å²) in [6, 6.07) is 4.95. The van der Waals surface area contributed by atoms with Gasteiger partial charge >= 0.3 is 0 Å². The van der Waals surface area contributed by atoms with Gasteiger partial charge in [-0.1, -0.05) is 26.8 Å². The minimum Gasteiger partial charge on any atom is -0.496 e. The second kappa shape index (κ2) is 6.82. The molecule has 0 aliphatic carbocycles. The molecule has 1 saturated heterocycles. The van der Waals surface area contributed by atoms with Crippen molar-refractivity contribution in [1.29, 1.82) is 0 Å². The lowest BCUT2D eigenvalue weighted by molar-refractivity contribution is -0.0191. The number of methoxy groups -OCH3 is 1. The van der Waals surface area contributed by atoms with Gasteiger partial charge in [0, 0.05) is 19.1 Å². The predicted molar refractivity (Wildman–Crippen MR) is 94.0 cm³/mol. The maximum atomic E-state index is 10.7. The number of hydrogen-bond acceptors (Lipinski definition) is 3. The summed E-state index contributed by atoms with van der Waals surface area (Å²) in [7, 11) is 1.76. The molecule has 3 unspecified atom stereocenters. The summed E-state index contributed by atoms with van der Waals surface area (Å²) in [5, 5.41) is 10.7. The van der Waals surface area contributed by atoms with Gasteiger partial charge in [-0.05, 0) is 60.3 Å². The molecule has 3 rings (SSSR count). The summed E-state index contributed by atoms with van der Waals surface area (Å²) in [5.74, 6) is 2.10. The lowest BCUT2D eigenvalue weighted by Crippen LogP contribution is -2.48. The van der Waals surface area contributed by atoms with E-state index in [9.17, 15) is 5.11 Å². The minimum atomic E-state index is -0.170. The van der Waals surface area contributed by atoms with Crippen LogP contribution in [0.25, 0.3) is 0 Å². The van der Waals surface area contributed by atoms with Crippen molar-refractivity contribution in [1.82, 2.24) is 4.90 Å². The highest BCUT2D eigenvalue weighted by Gasteiger charge is 2.38. The van der Waals surface area contributed by atoms with E-state index >= 15 is 0 Å².